The van der Waals surface area contributed by atoms with Crippen molar-refractivity contribution in [2.75, 3.05) is 27.4 Å². The molecule has 136 valence electrons. The molecule has 6 heteroatoms. The van der Waals surface area contributed by atoms with Crippen LogP contribution in [0.1, 0.15) is 0 Å². The average molecular weight is 354 g/mol. The van der Waals surface area contributed by atoms with Gasteiger partial charge in [0.05, 0.1) is 26.3 Å². The fourth-order valence-electron chi connectivity index (χ4n) is 2.81. The third-order valence-electron chi connectivity index (χ3n) is 4.06. The number of aromatic nitrogens is 1. The maximum Gasteiger partial charge on any atom is 0.240 e. The molecule has 1 amide bonds. The van der Waals surface area contributed by atoms with Crippen molar-refractivity contribution < 1.29 is 19.0 Å². The predicted molar refractivity (Wildman–Crippen MR) is 100.0 cm³/mol. The molecule has 0 spiro atoms. The second-order valence-electron chi connectivity index (χ2n) is 5.69. The van der Waals surface area contributed by atoms with Crippen LogP contribution in [0.5, 0.6) is 17.2 Å². The van der Waals surface area contributed by atoms with Crippen LogP contribution in [0.15, 0.2) is 54.7 Å². The van der Waals surface area contributed by atoms with Gasteiger partial charge in [-0.25, -0.2) is 0 Å². The second kappa shape index (κ2) is 8.29. The fraction of sp³-hybridized carbons (Fsp3) is 0.250. The third-order valence-corrected chi connectivity index (χ3v) is 4.06. The van der Waals surface area contributed by atoms with Crippen molar-refractivity contribution in [3.8, 4) is 17.2 Å². The largest absolute Gasteiger partial charge is 0.496 e. The summed E-state index contributed by atoms with van der Waals surface area (Å²) >= 11 is 0. The normalized spacial score (nSPS) is 10.5. The lowest BCUT2D eigenvalue weighted by molar-refractivity contribution is -0.121. The van der Waals surface area contributed by atoms with Gasteiger partial charge in [0.25, 0.3) is 0 Å². The number of carbonyl (C=O) groups is 1. The van der Waals surface area contributed by atoms with Gasteiger partial charge in [-0.2, -0.15) is 0 Å². The smallest absolute Gasteiger partial charge is 0.240 e. The van der Waals surface area contributed by atoms with Crippen molar-refractivity contribution >= 4 is 16.8 Å². The van der Waals surface area contributed by atoms with Crippen LogP contribution in [0.3, 0.4) is 0 Å². The number of carbonyl (C=O) groups excluding carboxylic acids is 1. The van der Waals surface area contributed by atoms with Gasteiger partial charge in [0, 0.05) is 11.6 Å². The van der Waals surface area contributed by atoms with E-state index in [0.717, 1.165) is 16.7 Å². The topological polar surface area (TPSA) is 61.7 Å². The SMILES string of the molecule is COc1ccccc1OCCNC(=O)Cn1ccc2c(OC)cccc21. The molecule has 0 aliphatic carbocycles. The molecule has 1 heterocycles. The summed E-state index contributed by atoms with van der Waals surface area (Å²) in [5, 5.41) is 3.85. The van der Waals surface area contributed by atoms with E-state index >= 15 is 0 Å². The van der Waals surface area contributed by atoms with Crippen LogP contribution in [0, 0.1) is 0 Å². The zero-order valence-electron chi connectivity index (χ0n) is 14.9. The first-order valence-corrected chi connectivity index (χ1v) is 8.37. The summed E-state index contributed by atoms with van der Waals surface area (Å²) in [5.41, 5.74) is 0.963. The minimum absolute atomic E-state index is 0.0750. The van der Waals surface area contributed by atoms with Crippen molar-refractivity contribution in [1.82, 2.24) is 9.88 Å². The van der Waals surface area contributed by atoms with Crippen LogP contribution in [0.4, 0.5) is 0 Å². The Balaban J connectivity index is 1.52. The first-order chi connectivity index (χ1) is 12.7. The molecule has 0 saturated carbocycles. The van der Waals surface area contributed by atoms with Gasteiger partial charge in [-0.1, -0.05) is 18.2 Å². The number of benzene rings is 2. The maximum absolute atomic E-state index is 12.2. The summed E-state index contributed by atoms with van der Waals surface area (Å²) < 4.78 is 18.1. The maximum atomic E-state index is 12.2. The molecule has 0 unspecified atom stereocenters. The molecule has 0 fully saturated rings. The van der Waals surface area contributed by atoms with E-state index in [1.165, 1.54) is 0 Å². The van der Waals surface area contributed by atoms with Crippen LogP contribution in [-0.2, 0) is 11.3 Å². The molecule has 0 aliphatic heterocycles. The van der Waals surface area contributed by atoms with Crippen molar-refractivity contribution in [1.29, 1.82) is 0 Å². The van der Waals surface area contributed by atoms with Gasteiger partial charge in [0.1, 0.15) is 18.9 Å². The molecule has 26 heavy (non-hydrogen) atoms. The molecule has 0 bridgehead atoms. The number of hydrogen-bond acceptors (Lipinski definition) is 4. The zero-order valence-corrected chi connectivity index (χ0v) is 14.9. The molecule has 3 aromatic rings. The molecule has 0 aliphatic rings. The fourth-order valence-corrected chi connectivity index (χ4v) is 2.81. The summed E-state index contributed by atoms with van der Waals surface area (Å²) in [6.45, 7) is 1.02. The molecule has 1 aromatic heterocycles. The van der Waals surface area contributed by atoms with Crippen LogP contribution in [-0.4, -0.2) is 37.8 Å². The Hall–Kier alpha value is -3.15. The Bertz CT molecular complexity index is 888. The lowest BCUT2D eigenvalue weighted by Gasteiger charge is -2.11. The van der Waals surface area contributed by atoms with E-state index in [4.69, 9.17) is 14.2 Å². The first-order valence-electron chi connectivity index (χ1n) is 8.37. The molecular weight excluding hydrogens is 332 g/mol. The number of nitrogens with zero attached hydrogens (tertiary/aromatic N) is 1. The Kier molecular flexibility index (Phi) is 5.63. The Morgan fingerprint density at radius 2 is 1.69 bits per heavy atom. The lowest BCUT2D eigenvalue weighted by atomic mass is 10.2. The van der Waals surface area contributed by atoms with Crippen LogP contribution in [0.2, 0.25) is 0 Å². The highest BCUT2D eigenvalue weighted by molar-refractivity contribution is 5.88. The number of hydrogen-bond donors (Lipinski definition) is 1. The quantitative estimate of drug-likeness (QED) is 0.632. The van der Waals surface area contributed by atoms with E-state index in [2.05, 4.69) is 5.32 Å². The van der Waals surface area contributed by atoms with Gasteiger partial charge >= 0.3 is 0 Å². The zero-order chi connectivity index (χ0) is 18.4. The van der Waals surface area contributed by atoms with Gasteiger partial charge in [-0.05, 0) is 30.3 Å². The molecule has 0 atom stereocenters. The number of methoxy groups -OCH3 is 2. The molecule has 2 aromatic carbocycles. The monoisotopic (exact) mass is 354 g/mol. The molecule has 6 nitrogen and oxygen atoms in total. The van der Waals surface area contributed by atoms with Crippen molar-refractivity contribution in [3.05, 3.63) is 54.7 Å². The highest BCUT2D eigenvalue weighted by Gasteiger charge is 2.09. The minimum atomic E-state index is -0.0750. The molecule has 0 radical (unpaired) electrons. The van der Waals surface area contributed by atoms with Gasteiger partial charge in [-0.15, -0.1) is 0 Å². The number of ether oxygens (including phenoxy) is 3. The Labute approximate surface area is 152 Å². The Morgan fingerprint density at radius 3 is 2.46 bits per heavy atom. The molecule has 1 N–H and O–H groups in total. The number of fused-ring (bicyclic) bond motifs is 1. The first kappa shape index (κ1) is 17.7. The minimum Gasteiger partial charge on any atom is -0.496 e. The third kappa shape index (κ3) is 3.91. The summed E-state index contributed by atoms with van der Waals surface area (Å²) in [6.07, 6.45) is 1.89. The van der Waals surface area contributed by atoms with E-state index in [1.54, 1.807) is 14.2 Å². The standard InChI is InChI=1S/C20H22N2O4/c1-24-17-9-5-6-16-15(17)10-12-22(16)14-20(23)21-11-13-26-19-8-4-3-7-18(19)25-2/h3-10,12H,11,13-14H2,1-2H3,(H,21,23). The molecular formula is C20H22N2O4. The van der Waals surface area contributed by atoms with Gasteiger partial charge < -0.3 is 24.1 Å². The lowest BCUT2D eigenvalue weighted by Crippen LogP contribution is -2.31. The van der Waals surface area contributed by atoms with Crippen molar-refractivity contribution in [3.63, 3.8) is 0 Å². The Morgan fingerprint density at radius 1 is 0.962 bits per heavy atom. The van der Waals surface area contributed by atoms with Gasteiger partial charge in [-0.3, -0.25) is 4.79 Å². The van der Waals surface area contributed by atoms with E-state index in [0.29, 0.717) is 24.7 Å². The van der Waals surface area contributed by atoms with E-state index in [1.807, 2.05) is 59.3 Å². The number of para-hydroxylation sites is 2. The van der Waals surface area contributed by atoms with E-state index in [9.17, 15) is 4.79 Å². The highest BCUT2D eigenvalue weighted by atomic mass is 16.5. The predicted octanol–water partition coefficient (Wildman–Crippen LogP) is 2.85. The van der Waals surface area contributed by atoms with Crippen LogP contribution < -0.4 is 19.5 Å². The second-order valence-corrected chi connectivity index (χ2v) is 5.69. The van der Waals surface area contributed by atoms with Gasteiger partial charge in [0.15, 0.2) is 11.5 Å². The molecule has 0 saturated heterocycles. The highest BCUT2D eigenvalue weighted by Crippen LogP contribution is 2.26. The van der Waals surface area contributed by atoms with E-state index in [-0.39, 0.29) is 12.5 Å². The van der Waals surface area contributed by atoms with Crippen LogP contribution >= 0.6 is 0 Å². The number of rotatable bonds is 8. The van der Waals surface area contributed by atoms with Crippen molar-refractivity contribution in [2.45, 2.75) is 6.54 Å². The summed E-state index contributed by atoms with van der Waals surface area (Å²) in [4.78, 5) is 12.2. The summed E-state index contributed by atoms with van der Waals surface area (Å²) in [6, 6.07) is 15.2. The summed E-state index contributed by atoms with van der Waals surface area (Å²) in [5.74, 6) is 2.06. The van der Waals surface area contributed by atoms with E-state index < -0.39 is 0 Å². The van der Waals surface area contributed by atoms with Crippen molar-refractivity contribution in [2.24, 2.45) is 0 Å². The number of nitrogens with one attached hydrogen (secondary N) is 1. The number of amides is 1. The van der Waals surface area contributed by atoms with Gasteiger partial charge in [0.2, 0.25) is 5.91 Å². The summed E-state index contributed by atoms with van der Waals surface area (Å²) in [7, 11) is 3.24. The average Bonchev–Trinajstić information content (AvgIpc) is 3.08. The molecule has 3 rings (SSSR count). The van der Waals surface area contributed by atoms with Crippen LogP contribution in [0.25, 0.3) is 10.9 Å².